The molecule has 2 aliphatic carbocycles. The molecule has 2 aromatic carbocycles. The Balaban J connectivity index is 0.000000283. The first-order valence-electron chi connectivity index (χ1n) is 12.5. The van der Waals surface area contributed by atoms with E-state index in [0.29, 0.717) is 30.4 Å². The average Bonchev–Trinajstić information content (AvgIpc) is 2.87. The molecule has 4 unspecified atom stereocenters. The molecule has 0 amide bonds. The van der Waals surface area contributed by atoms with Crippen LogP contribution < -0.4 is 10.5 Å². The second-order valence-corrected chi connectivity index (χ2v) is 10.4. The smallest absolute Gasteiger partial charge is 0.202 e. The quantitative estimate of drug-likeness (QED) is 0.309. The molecule has 1 fully saturated rings. The number of carbonyl (C=O) groups is 3. The van der Waals surface area contributed by atoms with Crippen LogP contribution in [-0.2, 0) is 22.4 Å². The summed E-state index contributed by atoms with van der Waals surface area (Å²) in [6.07, 6.45) is -0.486. The Hall–Kier alpha value is -3.31. The number of ketones is 3. The van der Waals surface area contributed by atoms with Gasteiger partial charge in [-0.25, -0.2) is 0 Å². The van der Waals surface area contributed by atoms with Crippen molar-refractivity contribution in [2.24, 2.45) is 11.1 Å². The molecular formula is C28H33NO9. The zero-order valence-electron chi connectivity index (χ0n) is 21.8. The molecule has 1 aliphatic heterocycles. The van der Waals surface area contributed by atoms with E-state index < -0.39 is 29.4 Å². The van der Waals surface area contributed by atoms with E-state index in [0.717, 1.165) is 0 Å². The Labute approximate surface area is 220 Å². The zero-order valence-corrected chi connectivity index (χ0v) is 21.8. The summed E-state index contributed by atoms with van der Waals surface area (Å²) < 4.78 is 10.1. The van der Waals surface area contributed by atoms with Crippen molar-refractivity contribution >= 4 is 17.3 Å². The van der Waals surface area contributed by atoms with Gasteiger partial charge >= 0.3 is 0 Å². The largest absolute Gasteiger partial charge is 0.507 e. The normalized spacial score (nSPS) is 27.9. The maximum absolute atomic E-state index is 13.2. The first-order valence-corrected chi connectivity index (χ1v) is 12.5. The molecule has 2 aromatic rings. The highest BCUT2D eigenvalue weighted by molar-refractivity contribution is 6.31. The van der Waals surface area contributed by atoms with Crippen molar-refractivity contribution in [3.63, 3.8) is 0 Å². The monoisotopic (exact) mass is 527 g/mol. The Kier molecular flexibility index (Phi) is 7.37. The lowest BCUT2D eigenvalue weighted by atomic mass is 9.68. The Morgan fingerprint density at radius 1 is 1.08 bits per heavy atom. The number of carbonyl (C=O) groups excluding carboxylic acids is 3. The molecule has 5 atom stereocenters. The van der Waals surface area contributed by atoms with Gasteiger partial charge in [-0.1, -0.05) is 19.1 Å². The molecule has 38 heavy (non-hydrogen) atoms. The van der Waals surface area contributed by atoms with Crippen LogP contribution in [0.4, 0.5) is 0 Å². The molecule has 0 saturated carbocycles. The van der Waals surface area contributed by atoms with E-state index in [1.807, 2.05) is 0 Å². The SMILES string of the molecule is CC1OC(O)CC(N)C1O.COc1cccc2c1C(=O)c1c(O)c3c(c(O)c1C2=O)C[C@@](C)(C(C)=O)CC3. The molecule has 10 nitrogen and oxygen atoms in total. The standard InChI is InChI=1S/C22H20O6.C6H13NO3/c1-10(23)22(2)8-7-11-13(9-22)20(26)16-17(18(11)24)21(27)15-12(19(16)25)5-4-6-14(15)28-3;1-3-6(9)4(7)2-5(8)10-3/h4-6,24,26H,7-9H2,1-3H3;3-6,8-9H,2,7H2,1H3/t22-;/m0./s1. The van der Waals surface area contributed by atoms with Gasteiger partial charge in [-0.3, -0.25) is 14.4 Å². The van der Waals surface area contributed by atoms with Crippen molar-refractivity contribution in [1.82, 2.24) is 0 Å². The predicted octanol–water partition coefficient (Wildman–Crippen LogP) is 1.77. The minimum absolute atomic E-state index is 0.0211. The fraction of sp³-hybridized carbons (Fsp3) is 0.464. The second-order valence-electron chi connectivity index (χ2n) is 10.4. The van der Waals surface area contributed by atoms with Gasteiger partial charge in [-0.2, -0.15) is 0 Å². The number of fused-ring (bicyclic) bond motifs is 3. The van der Waals surface area contributed by atoms with Crippen LogP contribution in [0.5, 0.6) is 17.2 Å². The Morgan fingerprint density at radius 2 is 1.71 bits per heavy atom. The molecule has 5 rings (SSSR count). The number of hydrogen-bond donors (Lipinski definition) is 5. The van der Waals surface area contributed by atoms with Crippen LogP contribution in [0.15, 0.2) is 18.2 Å². The summed E-state index contributed by atoms with van der Waals surface area (Å²) in [7, 11) is 1.40. The van der Waals surface area contributed by atoms with Crippen molar-refractivity contribution < 1.29 is 44.3 Å². The third-order valence-electron chi connectivity index (χ3n) is 7.94. The van der Waals surface area contributed by atoms with Gasteiger partial charge in [0.1, 0.15) is 23.0 Å². The van der Waals surface area contributed by atoms with Gasteiger partial charge in [0.2, 0.25) is 5.78 Å². The van der Waals surface area contributed by atoms with Crippen LogP contribution in [0.25, 0.3) is 0 Å². The van der Waals surface area contributed by atoms with Crippen LogP contribution in [0.2, 0.25) is 0 Å². The fourth-order valence-corrected chi connectivity index (χ4v) is 5.39. The lowest BCUT2D eigenvalue weighted by molar-refractivity contribution is -0.198. The van der Waals surface area contributed by atoms with E-state index in [-0.39, 0.29) is 63.9 Å². The molecule has 3 aliphatic rings. The van der Waals surface area contributed by atoms with Crippen LogP contribution in [-0.4, -0.2) is 69.4 Å². The zero-order chi connectivity index (χ0) is 28.1. The van der Waals surface area contributed by atoms with Crippen molar-refractivity contribution in [3.05, 3.63) is 51.6 Å². The number of nitrogens with two attached hydrogens (primary N) is 1. The van der Waals surface area contributed by atoms with Gasteiger partial charge in [0.25, 0.3) is 0 Å². The average molecular weight is 528 g/mol. The van der Waals surface area contributed by atoms with Gasteiger partial charge in [0, 0.05) is 34.6 Å². The number of aromatic hydroxyl groups is 2. The Bertz CT molecular complexity index is 1310. The first kappa shape index (κ1) is 27.7. The lowest BCUT2D eigenvalue weighted by Gasteiger charge is -2.35. The highest BCUT2D eigenvalue weighted by atomic mass is 16.6. The predicted molar refractivity (Wildman–Crippen MR) is 136 cm³/mol. The van der Waals surface area contributed by atoms with Crippen molar-refractivity contribution in [2.75, 3.05) is 7.11 Å². The van der Waals surface area contributed by atoms with Crippen LogP contribution >= 0.6 is 0 Å². The first-order chi connectivity index (χ1) is 17.8. The number of Topliss-reactive ketones (excluding diaryl/α,β-unsaturated/α-hetero) is 1. The molecule has 6 N–H and O–H groups in total. The van der Waals surface area contributed by atoms with E-state index in [2.05, 4.69) is 0 Å². The van der Waals surface area contributed by atoms with E-state index in [1.54, 1.807) is 26.0 Å². The summed E-state index contributed by atoms with van der Waals surface area (Å²) in [6.45, 7) is 4.99. The maximum atomic E-state index is 13.2. The number of phenols is 2. The van der Waals surface area contributed by atoms with E-state index in [9.17, 15) is 29.7 Å². The highest BCUT2D eigenvalue weighted by Crippen LogP contribution is 2.49. The lowest BCUT2D eigenvalue weighted by Crippen LogP contribution is -2.51. The van der Waals surface area contributed by atoms with E-state index in [4.69, 9.17) is 20.3 Å². The highest BCUT2D eigenvalue weighted by Gasteiger charge is 2.43. The number of aliphatic hydroxyl groups is 2. The molecule has 0 spiro atoms. The number of methoxy groups -OCH3 is 1. The maximum Gasteiger partial charge on any atom is 0.202 e. The summed E-state index contributed by atoms with van der Waals surface area (Å²) in [4.78, 5) is 38.4. The summed E-state index contributed by atoms with van der Waals surface area (Å²) >= 11 is 0. The number of aliphatic hydroxyl groups excluding tert-OH is 2. The number of ether oxygens (including phenoxy) is 2. The summed E-state index contributed by atoms with van der Waals surface area (Å²) in [5.41, 5.74) is 5.39. The molecular weight excluding hydrogens is 494 g/mol. The second kappa shape index (κ2) is 10.1. The fourth-order valence-electron chi connectivity index (χ4n) is 5.39. The third kappa shape index (κ3) is 4.47. The van der Waals surface area contributed by atoms with Gasteiger partial charge in [0.05, 0.1) is 36.0 Å². The van der Waals surface area contributed by atoms with Crippen LogP contribution in [0.1, 0.15) is 76.6 Å². The summed E-state index contributed by atoms with van der Waals surface area (Å²) in [5.74, 6) is -1.49. The molecule has 0 bridgehead atoms. The van der Waals surface area contributed by atoms with Crippen LogP contribution in [0, 0.1) is 5.41 Å². The molecule has 10 heteroatoms. The van der Waals surface area contributed by atoms with Crippen LogP contribution in [0.3, 0.4) is 0 Å². The minimum atomic E-state index is -0.812. The van der Waals surface area contributed by atoms with E-state index in [1.165, 1.54) is 20.1 Å². The van der Waals surface area contributed by atoms with Gasteiger partial charge < -0.3 is 35.6 Å². The summed E-state index contributed by atoms with van der Waals surface area (Å²) in [6, 6.07) is 4.30. The minimum Gasteiger partial charge on any atom is -0.507 e. The molecule has 0 aromatic heterocycles. The van der Waals surface area contributed by atoms with Gasteiger partial charge in [-0.05, 0) is 39.2 Å². The van der Waals surface area contributed by atoms with Crippen molar-refractivity contribution in [1.29, 1.82) is 0 Å². The number of hydrogen-bond acceptors (Lipinski definition) is 10. The van der Waals surface area contributed by atoms with Crippen molar-refractivity contribution in [2.45, 2.75) is 71.0 Å². The molecule has 1 saturated heterocycles. The number of rotatable bonds is 2. The van der Waals surface area contributed by atoms with Gasteiger partial charge in [0.15, 0.2) is 12.1 Å². The topological polar surface area (TPSA) is 177 Å². The van der Waals surface area contributed by atoms with Crippen molar-refractivity contribution in [3.8, 4) is 17.2 Å². The molecule has 1 heterocycles. The molecule has 204 valence electrons. The van der Waals surface area contributed by atoms with E-state index >= 15 is 0 Å². The van der Waals surface area contributed by atoms with Gasteiger partial charge in [-0.15, -0.1) is 0 Å². The summed E-state index contributed by atoms with van der Waals surface area (Å²) in [5, 5.41) is 40.0. The number of phenolic OH excluding ortho intramolecular Hbond substituents is 2. The Morgan fingerprint density at radius 3 is 2.32 bits per heavy atom. The third-order valence-corrected chi connectivity index (χ3v) is 7.94. The number of benzene rings is 2. The molecule has 0 radical (unpaired) electrons.